The Balaban J connectivity index is 1.65. The van der Waals surface area contributed by atoms with Crippen LogP contribution in [0.5, 0.6) is 11.5 Å². The molecule has 0 saturated carbocycles. The van der Waals surface area contributed by atoms with Gasteiger partial charge < -0.3 is 15.2 Å². The highest BCUT2D eigenvalue weighted by molar-refractivity contribution is 5.59. The third kappa shape index (κ3) is 3.60. The molecule has 3 aromatic rings. The fraction of sp³-hybridized carbons (Fsp3) is 0.176. The van der Waals surface area contributed by atoms with E-state index in [9.17, 15) is 0 Å². The van der Waals surface area contributed by atoms with Gasteiger partial charge in [-0.3, -0.25) is 0 Å². The number of ether oxygens (including phenoxy) is 2. The van der Waals surface area contributed by atoms with Crippen LogP contribution in [0.1, 0.15) is 0 Å². The summed E-state index contributed by atoms with van der Waals surface area (Å²) in [5.74, 6) is 1.60. The van der Waals surface area contributed by atoms with Crippen LogP contribution >= 0.6 is 0 Å². The van der Waals surface area contributed by atoms with Gasteiger partial charge in [-0.2, -0.15) is 0 Å². The first-order valence-corrected chi connectivity index (χ1v) is 7.27. The molecule has 0 saturated heterocycles. The van der Waals surface area contributed by atoms with E-state index in [1.54, 1.807) is 13.3 Å². The molecule has 118 valence electrons. The molecule has 3 rings (SSSR count). The van der Waals surface area contributed by atoms with Crippen molar-refractivity contribution in [3.63, 3.8) is 0 Å². The van der Waals surface area contributed by atoms with Crippen molar-refractivity contribution in [2.45, 2.75) is 6.54 Å². The first-order chi connectivity index (χ1) is 11.3. The van der Waals surface area contributed by atoms with E-state index in [4.69, 9.17) is 15.2 Å². The lowest BCUT2D eigenvalue weighted by Gasteiger charge is -2.09. The minimum absolute atomic E-state index is 0.496. The SMILES string of the molecule is COc1ccc(-c2cnnn2CCOc2ccc(N)cc2)cc1. The molecule has 2 aromatic carbocycles. The Bertz CT molecular complexity index is 751. The van der Waals surface area contributed by atoms with Crippen LogP contribution in [0.25, 0.3) is 11.3 Å². The molecule has 0 unspecified atom stereocenters. The minimum atomic E-state index is 0.496. The summed E-state index contributed by atoms with van der Waals surface area (Å²) in [6.07, 6.45) is 1.74. The lowest BCUT2D eigenvalue weighted by atomic mass is 10.1. The molecule has 1 aromatic heterocycles. The van der Waals surface area contributed by atoms with Crippen molar-refractivity contribution in [3.05, 3.63) is 54.7 Å². The highest BCUT2D eigenvalue weighted by Gasteiger charge is 2.07. The molecule has 2 N–H and O–H groups in total. The maximum absolute atomic E-state index is 5.70. The van der Waals surface area contributed by atoms with Crippen molar-refractivity contribution in [3.8, 4) is 22.8 Å². The Kier molecular flexibility index (Phi) is 4.42. The Morgan fingerprint density at radius 1 is 1.00 bits per heavy atom. The van der Waals surface area contributed by atoms with E-state index in [1.807, 2.05) is 53.2 Å². The number of nitrogens with two attached hydrogens (primary N) is 1. The van der Waals surface area contributed by atoms with Crippen molar-refractivity contribution < 1.29 is 9.47 Å². The number of benzene rings is 2. The highest BCUT2D eigenvalue weighted by Crippen LogP contribution is 2.21. The van der Waals surface area contributed by atoms with Crippen molar-refractivity contribution in [1.82, 2.24) is 15.0 Å². The Hall–Kier alpha value is -3.02. The van der Waals surface area contributed by atoms with Crippen molar-refractivity contribution >= 4 is 5.69 Å². The van der Waals surface area contributed by atoms with E-state index in [0.717, 1.165) is 28.4 Å². The van der Waals surface area contributed by atoms with Crippen LogP contribution in [0.15, 0.2) is 54.7 Å². The van der Waals surface area contributed by atoms with Gasteiger partial charge in [0.15, 0.2) is 0 Å². The van der Waals surface area contributed by atoms with Gasteiger partial charge in [-0.15, -0.1) is 5.10 Å². The minimum Gasteiger partial charge on any atom is -0.497 e. The third-order valence-electron chi connectivity index (χ3n) is 3.46. The number of hydrogen-bond acceptors (Lipinski definition) is 5. The zero-order valence-electron chi connectivity index (χ0n) is 12.8. The summed E-state index contributed by atoms with van der Waals surface area (Å²) in [6.45, 7) is 1.10. The predicted octanol–water partition coefficient (Wildman–Crippen LogP) is 2.61. The fourth-order valence-electron chi connectivity index (χ4n) is 2.22. The number of nitrogen functional groups attached to an aromatic ring is 1. The van der Waals surface area contributed by atoms with E-state index in [-0.39, 0.29) is 0 Å². The molecule has 23 heavy (non-hydrogen) atoms. The molecule has 0 aliphatic carbocycles. The average Bonchev–Trinajstić information content (AvgIpc) is 3.05. The smallest absolute Gasteiger partial charge is 0.119 e. The fourth-order valence-corrected chi connectivity index (χ4v) is 2.22. The van der Waals surface area contributed by atoms with Gasteiger partial charge >= 0.3 is 0 Å². The van der Waals surface area contributed by atoms with E-state index >= 15 is 0 Å². The van der Waals surface area contributed by atoms with Gasteiger partial charge in [-0.25, -0.2) is 4.68 Å². The Morgan fingerprint density at radius 2 is 1.70 bits per heavy atom. The van der Waals surface area contributed by atoms with Crippen LogP contribution < -0.4 is 15.2 Å². The molecule has 0 fully saturated rings. The van der Waals surface area contributed by atoms with Gasteiger partial charge in [0.25, 0.3) is 0 Å². The molecule has 6 nitrogen and oxygen atoms in total. The molecule has 0 amide bonds. The summed E-state index contributed by atoms with van der Waals surface area (Å²) in [4.78, 5) is 0. The zero-order valence-corrected chi connectivity index (χ0v) is 12.8. The van der Waals surface area contributed by atoms with E-state index in [1.165, 1.54) is 0 Å². The number of methoxy groups -OCH3 is 1. The number of hydrogen-bond donors (Lipinski definition) is 1. The van der Waals surface area contributed by atoms with Crippen LogP contribution in [0.4, 0.5) is 5.69 Å². The lowest BCUT2D eigenvalue weighted by molar-refractivity contribution is 0.290. The second-order valence-corrected chi connectivity index (χ2v) is 4.99. The maximum atomic E-state index is 5.70. The average molecular weight is 310 g/mol. The molecule has 0 radical (unpaired) electrons. The van der Waals surface area contributed by atoms with Gasteiger partial charge in [0.2, 0.25) is 0 Å². The number of aromatic nitrogens is 3. The monoisotopic (exact) mass is 310 g/mol. The summed E-state index contributed by atoms with van der Waals surface area (Å²) < 4.78 is 12.7. The summed E-state index contributed by atoms with van der Waals surface area (Å²) in [5.41, 5.74) is 8.34. The Morgan fingerprint density at radius 3 is 2.39 bits per heavy atom. The standard InChI is InChI=1S/C17H18N4O2/c1-22-15-6-2-13(3-7-15)17-12-19-20-21(17)10-11-23-16-8-4-14(18)5-9-16/h2-9,12H,10-11,18H2,1H3. The largest absolute Gasteiger partial charge is 0.497 e. The van der Waals surface area contributed by atoms with E-state index in [0.29, 0.717) is 13.2 Å². The van der Waals surface area contributed by atoms with Gasteiger partial charge in [-0.05, 0) is 48.5 Å². The van der Waals surface area contributed by atoms with Gasteiger partial charge in [0.05, 0.1) is 25.5 Å². The summed E-state index contributed by atoms with van der Waals surface area (Å²) in [6, 6.07) is 15.1. The summed E-state index contributed by atoms with van der Waals surface area (Å²) in [5, 5.41) is 8.10. The molecular formula is C17H18N4O2. The zero-order chi connectivity index (χ0) is 16.1. The first kappa shape index (κ1) is 14.9. The van der Waals surface area contributed by atoms with Crippen LogP contribution in [0.2, 0.25) is 0 Å². The van der Waals surface area contributed by atoms with Crippen molar-refractivity contribution in [2.24, 2.45) is 0 Å². The van der Waals surface area contributed by atoms with Crippen LogP contribution in [-0.2, 0) is 6.54 Å². The predicted molar refractivity (Wildman–Crippen MR) is 88.4 cm³/mol. The normalized spacial score (nSPS) is 10.5. The molecule has 6 heteroatoms. The van der Waals surface area contributed by atoms with Crippen LogP contribution in [0.3, 0.4) is 0 Å². The molecular weight excluding hydrogens is 292 g/mol. The summed E-state index contributed by atoms with van der Waals surface area (Å²) in [7, 11) is 1.65. The topological polar surface area (TPSA) is 75.2 Å². The summed E-state index contributed by atoms with van der Waals surface area (Å²) >= 11 is 0. The van der Waals surface area contributed by atoms with E-state index < -0.39 is 0 Å². The second kappa shape index (κ2) is 6.83. The first-order valence-electron chi connectivity index (χ1n) is 7.27. The molecule has 0 spiro atoms. The number of anilines is 1. The molecule has 0 aliphatic heterocycles. The highest BCUT2D eigenvalue weighted by atomic mass is 16.5. The van der Waals surface area contributed by atoms with Crippen LogP contribution in [0, 0.1) is 0 Å². The molecule has 0 bridgehead atoms. The van der Waals surface area contributed by atoms with E-state index in [2.05, 4.69) is 10.3 Å². The van der Waals surface area contributed by atoms with Gasteiger partial charge in [-0.1, -0.05) is 5.21 Å². The lowest BCUT2D eigenvalue weighted by Crippen LogP contribution is -2.10. The second-order valence-electron chi connectivity index (χ2n) is 4.99. The number of nitrogens with zero attached hydrogens (tertiary/aromatic N) is 3. The van der Waals surface area contributed by atoms with Gasteiger partial charge in [0, 0.05) is 11.3 Å². The van der Waals surface area contributed by atoms with Crippen LogP contribution in [-0.4, -0.2) is 28.7 Å². The number of rotatable bonds is 6. The maximum Gasteiger partial charge on any atom is 0.119 e. The molecule has 1 heterocycles. The quantitative estimate of drug-likeness (QED) is 0.708. The Labute approximate surface area is 134 Å². The molecule has 0 atom stereocenters. The van der Waals surface area contributed by atoms with Gasteiger partial charge in [0.1, 0.15) is 18.1 Å². The third-order valence-corrected chi connectivity index (χ3v) is 3.46. The van der Waals surface area contributed by atoms with Crippen molar-refractivity contribution in [1.29, 1.82) is 0 Å². The van der Waals surface area contributed by atoms with Crippen molar-refractivity contribution in [2.75, 3.05) is 19.5 Å². The molecule has 0 aliphatic rings.